The van der Waals surface area contributed by atoms with E-state index in [1.807, 2.05) is 19.1 Å². The minimum absolute atomic E-state index is 0.154. The highest BCUT2D eigenvalue weighted by atomic mass is 32.1. The van der Waals surface area contributed by atoms with E-state index in [1.165, 1.54) is 11.3 Å². The number of hydrogen-bond acceptors (Lipinski definition) is 2. The zero-order valence-electron chi connectivity index (χ0n) is 9.62. The molecule has 2 aromatic rings. The smallest absolute Gasteiger partial charge is 0.132 e. The lowest BCUT2D eigenvalue weighted by Gasteiger charge is -2.07. The van der Waals surface area contributed by atoms with Gasteiger partial charge in [-0.1, -0.05) is 26.0 Å². The summed E-state index contributed by atoms with van der Waals surface area (Å²) in [6.07, 6.45) is 0. The van der Waals surface area contributed by atoms with Gasteiger partial charge in [0.1, 0.15) is 5.82 Å². The van der Waals surface area contributed by atoms with Crippen LogP contribution in [0.15, 0.2) is 23.7 Å². The molecular weight excluding hydrogens is 221 g/mol. The molecule has 0 aliphatic heterocycles. The van der Waals surface area contributed by atoms with Crippen LogP contribution in [0.3, 0.4) is 0 Å². The fourth-order valence-electron chi connectivity index (χ4n) is 1.64. The van der Waals surface area contributed by atoms with E-state index < -0.39 is 0 Å². The molecule has 0 N–H and O–H groups in total. The van der Waals surface area contributed by atoms with Crippen LogP contribution < -0.4 is 0 Å². The first-order chi connectivity index (χ1) is 7.59. The molecule has 0 radical (unpaired) electrons. The number of rotatable bonds is 2. The first-order valence-corrected chi connectivity index (χ1v) is 6.17. The summed E-state index contributed by atoms with van der Waals surface area (Å²) in [4.78, 5) is 5.07. The van der Waals surface area contributed by atoms with Crippen molar-refractivity contribution in [2.24, 2.45) is 0 Å². The molecule has 0 aliphatic carbocycles. The molecule has 1 aromatic carbocycles. The molecule has 0 saturated carbocycles. The summed E-state index contributed by atoms with van der Waals surface area (Å²) in [6.45, 7) is 6.03. The van der Waals surface area contributed by atoms with Gasteiger partial charge in [0.2, 0.25) is 0 Å². The van der Waals surface area contributed by atoms with Gasteiger partial charge in [-0.05, 0) is 24.5 Å². The number of aryl methyl sites for hydroxylation is 1. The average molecular weight is 235 g/mol. The Morgan fingerprint density at radius 3 is 2.56 bits per heavy atom. The van der Waals surface area contributed by atoms with Crippen LogP contribution in [-0.2, 0) is 0 Å². The number of thiazole rings is 1. The first-order valence-electron chi connectivity index (χ1n) is 5.29. The highest BCUT2D eigenvalue weighted by Gasteiger charge is 2.11. The number of benzene rings is 1. The van der Waals surface area contributed by atoms with Gasteiger partial charge in [-0.3, -0.25) is 0 Å². The van der Waals surface area contributed by atoms with E-state index in [-0.39, 0.29) is 5.82 Å². The third kappa shape index (κ3) is 2.00. The monoisotopic (exact) mass is 235 g/mol. The van der Waals surface area contributed by atoms with Crippen molar-refractivity contribution in [2.75, 3.05) is 0 Å². The fraction of sp³-hybridized carbons (Fsp3) is 0.308. The number of hydrogen-bond donors (Lipinski definition) is 0. The molecule has 0 amide bonds. The Kier molecular flexibility index (Phi) is 3.06. The van der Waals surface area contributed by atoms with Crippen LogP contribution in [0.2, 0.25) is 0 Å². The second-order valence-corrected chi connectivity index (χ2v) is 5.02. The minimum atomic E-state index is -0.154. The molecule has 0 fully saturated rings. The highest BCUT2D eigenvalue weighted by Crippen LogP contribution is 2.31. The summed E-state index contributed by atoms with van der Waals surface area (Å²) < 4.78 is 13.9. The third-order valence-corrected chi connectivity index (χ3v) is 3.61. The van der Waals surface area contributed by atoms with Crippen LogP contribution in [0.4, 0.5) is 4.39 Å². The van der Waals surface area contributed by atoms with Crippen molar-refractivity contribution in [1.82, 2.24) is 4.98 Å². The molecule has 0 aliphatic rings. The van der Waals surface area contributed by atoms with E-state index in [9.17, 15) is 4.39 Å². The molecule has 1 heterocycles. The zero-order chi connectivity index (χ0) is 11.7. The maximum Gasteiger partial charge on any atom is 0.132 e. The molecule has 16 heavy (non-hydrogen) atoms. The molecule has 2 rings (SSSR count). The standard InChI is InChI=1S/C13H14FNS/c1-8(2)10-4-5-11(12(14)6-10)13-9(3)15-7-16-13/h4-8H,1-3H3. The molecule has 0 bridgehead atoms. The van der Waals surface area contributed by atoms with E-state index in [2.05, 4.69) is 18.8 Å². The Morgan fingerprint density at radius 2 is 2.06 bits per heavy atom. The summed E-state index contributed by atoms with van der Waals surface area (Å²) in [5.41, 5.74) is 4.33. The largest absolute Gasteiger partial charge is 0.249 e. The van der Waals surface area contributed by atoms with Gasteiger partial charge in [0.15, 0.2) is 0 Å². The Bertz CT molecular complexity index is 502. The lowest BCUT2D eigenvalue weighted by Crippen LogP contribution is -1.91. The topological polar surface area (TPSA) is 12.9 Å². The SMILES string of the molecule is Cc1ncsc1-c1ccc(C(C)C)cc1F. The van der Waals surface area contributed by atoms with Gasteiger partial charge in [-0.25, -0.2) is 9.37 Å². The predicted octanol–water partition coefficient (Wildman–Crippen LogP) is 4.38. The Hall–Kier alpha value is -1.22. The molecule has 0 spiro atoms. The third-order valence-electron chi connectivity index (χ3n) is 2.65. The van der Waals surface area contributed by atoms with E-state index in [1.54, 1.807) is 11.6 Å². The molecule has 0 unspecified atom stereocenters. The molecule has 84 valence electrons. The normalized spacial score (nSPS) is 11.1. The Balaban J connectivity index is 2.48. The maximum atomic E-state index is 13.9. The van der Waals surface area contributed by atoms with Gasteiger partial charge in [0.25, 0.3) is 0 Å². The van der Waals surface area contributed by atoms with Crippen LogP contribution in [0, 0.1) is 12.7 Å². The summed E-state index contributed by atoms with van der Waals surface area (Å²) in [6, 6.07) is 5.46. The zero-order valence-corrected chi connectivity index (χ0v) is 10.4. The molecular formula is C13H14FNS. The molecule has 3 heteroatoms. The van der Waals surface area contributed by atoms with Gasteiger partial charge in [-0.15, -0.1) is 11.3 Å². The predicted molar refractivity (Wildman–Crippen MR) is 66.3 cm³/mol. The van der Waals surface area contributed by atoms with Crippen molar-refractivity contribution in [3.63, 3.8) is 0 Å². The Morgan fingerprint density at radius 1 is 1.31 bits per heavy atom. The lowest BCUT2D eigenvalue weighted by molar-refractivity contribution is 0.627. The number of aromatic nitrogens is 1. The van der Waals surface area contributed by atoms with E-state index >= 15 is 0 Å². The van der Waals surface area contributed by atoms with Crippen molar-refractivity contribution in [1.29, 1.82) is 0 Å². The summed E-state index contributed by atoms with van der Waals surface area (Å²) in [5.74, 6) is 0.199. The van der Waals surface area contributed by atoms with Crippen molar-refractivity contribution in [3.8, 4) is 10.4 Å². The van der Waals surface area contributed by atoms with Crippen LogP contribution in [0.1, 0.15) is 31.0 Å². The highest BCUT2D eigenvalue weighted by molar-refractivity contribution is 7.13. The summed E-state index contributed by atoms with van der Waals surface area (Å²) in [5, 5.41) is 0. The second-order valence-electron chi connectivity index (χ2n) is 4.16. The van der Waals surface area contributed by atoms with Gasteiger partial charge < -0.3 is 0 Å². The van der Waals surface area contributed by atoms with E-state index in [0.717, 1.165) is 16.1 Å². The summed E-state index contributed by atoms with van der Waals surface area (Å²) >= 11 is 1.48. The number of halogens is 1. The van der Waals surface area contributed by atoms with Crippen molar-refractivity contribution in [2.45, 2.75) is 26.7 Å². The maximum absolute atomic E-state index is 13.9. The second kappa shape index (κ2) is 4.34. The number of nitrogens with zero attached hydrogens (tertiary/aromatic N) is 1. The van der Waals surface area contributed by atoms with Gasteiger partial charge in [-0.2, -0.15) is 0 Å². The van der Waals surface area contributed by atoms with Gasteiger partial charge in [0, 0.05) is 5.56 Å². The summed E-state index contributed by atoms with van der Waals surface area (Å²) in [7, 11) is 0. The van der Waals surface area contributed by atoms with Crippen molar-refractivity contribution >= 4 is 11.3 Å². The van der Waals surface area contributed by atoms with Crippen LogP contribution in [0.5, 0.6) is 0 Å². The van der Waals surface area contributed by atoms with Crippen molar-refractivity contribution in [3.05, 3.63) is 40.8 Å². The van der Waals surface area contributed by atoms with Crippen molar-refractivity contribution < 1.29 is 4.39 Å². The van der Waals surface area contributed by atoms with E-state index in [0.29, 0.717) is 11.5 Å². The van der Waals surface area contributed by atoms with Crippen LogP contribution in [-0.4, -0.2) is 4.98 Å². The molecule has 0 atom stereocenters. The average Bonchev–Trinajstić information content (AvgIpc) is 2.64. The molecule has 1 nitrogen and oxygen atoms in total. The van der Waals surface area contributed by atoms with Crippen LogP contribution >= 0.6 is 11.3 Å². The quantitative estimate of drug-likeness (QED) is 0.752. The fourth-order valence-corrected chi connectivity index (χ4v) is 2.47. The van der Waals surface area contributed by atoms with Gasteiger partial charge >= 0.3 is 0 Å². The lowest BCUT2D eigenvalue weighted by atomic mass is 10.0. The van der Waals surface area contributed by atoms with E-state index in [4.69, 9.17) is 0 Å². The molecule has 0 saturated heterocycles. The van der Waals surface area contributed by atoms with Crippen LogP contribution in [0.25, 0.3) is 10.4 Å². The molecule has 1 aromatic heterocycles. The minimum Gasteiger partial charge on any atom is -0.249 e. The first kappa shape index (κ1) is 11.3. The van der Waals surface area contributed by atoms with Gasteiger partial charge in [0.05, 0.1) is 16.1 Å². The Labute approximate surface area is 99.0 Å².